The Balaban J connectivity index is 1.33. The summed E-state index contributed by atoms with van der Waals surface area (Å²) in [6, 6.07) is 18.3. The molecular weight excluding hydrogens is 557 g/mol. The third kappa shape index (κ3) is 6.77. The number of alkyl halides is 3. The average Bonchev–Trinajstić information content (AvgIpc) is 3.47. The van der Waals surface area contributed by atoms with Crippen LogP contribution in [-0.4, -0.2) is 20.5 Å². The molecule has 7 nitrogen and oxygen atoms in total. The van der Waals surface area contributed by atoms with Crippen molar-refractivity contribution < 1.29 is 17.9 Å². The van der Waals surface area contributed by atoms with E-state index in [1.165, 1.54) is 15.2 Å². The summed E-state index contributed by atoms with van der Waals surface area (Å²) in [4.78, 5) is 29.0. The van der Waals surface area contributed by atoms with Crippen LogP contribution in [0.3, 0.4) is 0 Å². The summed E-state index contributed by atoms with van der Waals surface area (Å²) in [6.45, 7) is 2.27. The SMILES string of the molecule is Cc1cn(Cc2ccccc2)c(=O)n(CCCc2c[nH]c(-c3ccc(C4(C#N)CCCCC4)c(OC(F)(F)F)c3)c2)c1=O. The van der Waals surface area contributed by atoms with Crippen molar-refractivity contribution in [1.29, 1.82) is 5.26 Å². The van der Waals surface area contributed by atoms with Gasteiger partial charge in [-0.25, -0.2) is 4.79 Å². The molecular formula is C33H33F3N4O3. The van der Waals surface area contributed by atoms with Crippen LogP contribution < -0.4 is 16.0 Å². The lowest BCUT2D eigenvalue weighted by Crippen LogP contribution is -2.41. The minimum Gasteiger partial charge on any atom is -0.405 e. The number of aromatic amines is 1. The van der Waals surface area contributed by atoms with Crippen molar-refractivity contribution >= 4 is 0 Å². The molecule has 0 amide bonds. The van der Waals surface area contributed by atoms with Gasteiger partial charge in [-0.15, -0.1) is 13.2 Å². The van der Waals surface area contributed by atoms with Crippen LogP contribution in [0, 0.1) is 18.3 Å². The Bertz CT molecular complexity index is 1740. The van der Waals surface area contributed by atoms with Gasteiger partial charge in [0, 0.05) is 41.3 Å². The number of hydrogen-bond acceptors (Lipinski definition) is 4. The summed E-state index contributed by atoms with van der Waals surface area (Å²) in [6.07, 6.45) is 2.98. The highest BCUT2D eigenvalue weighted by Gasteiger charge is 2.40. The zero-order valence-corrected chi connectivity index (χ0v) is 23.9. The fourth-order valence-electron chi connectivity index (χ4n) is 5.97. The number of H-pyrrole nitrogens is 1. The molecule has 0 saturated heterocycles. The van der Waals surface area contributed by atoms with Gasteiger partial charge in [0.25, 0.3) is 5.56 Å². The first-order valence-corrected chi connectivity index (χ1v) is 14.4. The van der Waals surface area contributed by atoms with Crippen molar-refractivity contribution in [2.75, 3.05) is 0 Å². The first-order chi connectivity index (χ1) is 20.6. The van der Waals surface area contributed by atoms with Crippen molar-refractivity contribution in [3.05, 3.63) is 110 Å². The average molecular weight is 591 g/mol. The highest BCUT2D eigenvalue weighted by Crippen LogP contribution is 2.45. The smallest absolute Gasteiger partial charge is 0.405 e. The second-order valence-corrected chi connectivity index (χ2v) is 11.2. The monoisotopic (exact) mass is 590 g/mol. The minimum atomic E-state index is -4.90. The van der Waals surface area contributed by atoms with Gasteiger partial charge < -0.3 is 9.72 Å². The predicted octanol–water partition coefficient (Wildman–Crippen LogP) is 6.62. The van der Waals surface area contributed by atoms with E-state index in [4.69, 9.17) is 0 Å². The van der Waals surface area contributed by atoms with Gasteiger partial charge in [0.2, 0.25) is 0 Å². The van der Waals surface area contributed by atoms with E-state index < -0.39 is 11.8 Å². The second-order valence-electron chi connectivity index (χ2n) is 11.2. The Hall–Kier alpha value is -4.52. The zero-order valence-electron chi connectivity index (χ0n) is 23.9. The Morgan fingerprint density at radius 1 is 1.02 bits per heavy atom. The van der Waals surface area contributed by atoms with Gasteiger partial charge in [-0.1, -0.05) is 61.7 Å². The Morgan fingerprint density at radius 2 is 1.77 bits per heavy atom. The van der Waals surface area contributed by atoms with Crippen LogP contribution in [0.5, 0.6) is 5.75 Å². The normalized spacial score (nSPS) is 14.8. The lowest BCUT2D eigenvalue weighted by atomic mass is 9.70. The summed E-state index contributed by atoms with van der Waals surface area (Å²) in [5.41, 5.74) is 1.96. The summed E-state index contributed by atoms with van der Waals surface area (Å²) >= 11 is 0. The van der Waals surface area contributed by atoms with Crippen LogP contribution in [0.15, 0.2) is 76.6 Å². The van der Waals surface area contributed by atoms with Crippen LogP contribution in [0.4, 0.5) is 13.2 Å². The molecule has 0 atom stereocenters. The lowest BCUT2D eigenvalue weighted by Gasteiger charge is -2.32. The van der Waals surface area contributed by atoms with E-state index in [1.807, 2.05) is 36.4 Å². The van der Waals surface area contributed by atoms with Crippen molar-refractivity contribution in [1.82, 2.24) is 14.1 Å². The Morgan fingerprint density at radius 3 is 2.47 bits per heavy atom. The molecule has 1 aliphatic rings. The Kier molecular flexibility index (Phi) is 8.62. The maximum atomic E-state index is 13.4. The van der Waals surface area contributed by atoms with E-state index in [-0.39, 0.29) is 29.1 Å². The van der Waals surface area contributed by atoms with Gasteiger partial charge in [-0.3, -0.25) is 13.9 Å². The maximum Gasteiger partial charge on any atom is 0.573 e. The molecule has 10 heteroatoms. The van der Waals surface area contributed by atoms with Gasteiger partial charge in [0.1, 0.15) is 5.75 Å². The number of nitriles is 1. The molecule has 1 N–H and O–H groups in total. The Labute approximate surface area is 247 Å². The summed E-state index contributed by atoms with van der Waals surface area (Å²) in [7, 11) is 0. The number of aryl methyl sites for hydroxylation is 2. The van der Waals surface area contributed by atoms with E-state index in [0.717, 1.165) is 30.4 Å². The molecule has 0 radical (unpaired) electrons. The van der Waals surface area contributed by atoms with Crippen LogP contribution in [0.2, 0.25) is 0 Å². The molecule has 4 aromatic rings. The molecule has 1 saturated carbocycles. The topological polar surface area (TPSA) is 92.8 Å². The third-order valence-corrected chi connectivity index (χ3v) is 8.15. The molecule has 1 fully saturated rings. The fraction of sp³-hybridized carbons (Fsp3) is 0.364. The van der Waals surface area contributed by atoms with Gasteiger partial charge in [0.05, 0.1) is 18.0 Å². The summed E-state index contributed by atoms with van der Waals surface area (Å²) in [5.74, 6) is -0.352. The fourth-order valence-corrected chi connectivity index (χ4v) is 5.97. The first-order valence-electron chi connectivity index (χ1n) is 14.4. The predicted molar refractivity (Wildman–Crippen MR) is 157 cm³/mol. The highest BCUT2D eigenvalue weighted by molar-refractivity contribution is 5.65. The lowest BCUT2D eigenvalue weighted by molar-refractivity contribution is -0.275. The number of hydrogen-bond donors (Lipinski definition) is 1. The number of rotatable bonds is 9. The second kappa shape index (κ2) is 12.4. The van der Waals surface area contributed by atoms with Crippen LogP contribution >= 0.6 is 0 Å². The standard InChI is InChI=1S/C33H33F3N4O3/c1-23-20-39(21-24-9-4-2-5-10-24)31(42)40(30(23)41)16-8-11-25-17-28(38-19-25)26-12-13-27(29(18-26)43-33(34,35)36)32(22-37)14-6-3-7-15-32/h2,4-5,9-10,12-13,17-20,38H,3,6-8,11,14-16,21H2,1H3. The highest BCUT2D eigenvalue weighted by atomic mass is 19.4. The molecule has 224 valence electrons. The molecule has 2 heterocycles. The van der Waals surface area contributed by atoms with Crippen molar-refractivity contribution in [3.8, 4) is 23.1 Å². The molecule has 0 aliphatic heterocycles. The van der Waals surface area contributed by atoms with Crippen molar-refractivity contribution in [2.45, 2.75) is 76.7 Å². The maximum absolute atomic E-state index is 13.4. The van der Waals surface area contributed by atoms with Gasteiger partial charge >= 0.3 is 12.1 Å². The molecule has 43 heavy (non-hydrogen) atoms. The van der Waals surface area contributed by atoms with Crippen LogP contribution in [-0.2, 0) is 24.9 Å². The first kappa shape index (κ1) is 30.0. The van der Waals surface area contributed by atoms with E-state index >= 15 is 0 Å². The van der Waals surface area contributed by atoms with Gasteiger partial charge in [-0.05, 0) is 55.9 Å². The number of benzene rings is 2. The van der Waals surface area contributed by atoms with E-state index in [1.54, 1.807) is 31.5 Å². The van der Waals surface area contributed by atoms with Crippen molar-refractivity contribution in [3.63, 3.8) is 0 Å². The molecule has 0 unspecified atom stereocenters. The molecule has 2 aromatic heterocycles. The molecule has 0 spiro atoms. The van der Waals surface area contributed by atoms with Crippen LogP contribution in [0.25, 0.3) is 11.3 Å². The summed E-state index contributed by atoms with van der Waals surface area (Å²) < 4.78 is 47.4. The zero-order chi connectivity index (χ0) is 30.6. The van der Waals surface area contributed by atoms with E-state index in [0.29, 0.717) is 49.0 Å². The minimum absolute atomic E-state index is 0.225. The molecule has 5 rings (SSSR count). The van der Waals surface area contributed by atoms with Gasteiger partial charge in [0.15, 0.2) is 0 Å². The number of nitrogens with zero attached hydrogens (tertiary/aromatic N) is 3. The quantitative estimate of drug-likeness (QED) is 0.237. The number of aromatic nitrogens is 3. The summed E-state index contributed by atoms with van der Waals surface area (Å²) in [5, 5.41) is 9.97. The molecule has 2 aromatic carbocycles. The van der Waals surface area contributed by atoms with Crippen LogP contribution in [0.1, 0.15) is 60.8 Å². The largest absolute Gasteiger partial charge is 0.573 e. The third-order valence-electron chi connectivity index (χ3n) is 8.15. The number of halogens is 3. The van der Waals surface area contributed by atoms with Crippen molar-refractivity contribution in [2.24, 2.45) is 0 Å². The molecule has 0 bridgehead atoms. The van der Waals surface area contributed by atoms with Gasteiger partial charge in [-0.2, -0.15) is 5.26 Å². The molecule has 1 aliphatic carbocycles. The number of nitrogens with one attached hydrogen (secondary N) is 1. The van der Waals surface area contributed by atoms with E-state index in [2.05, 4.69) is 15.8 Å². The number of ether oxygens (including phenoxy) is 1. The van der Waals surface area contributed by atoms with E-state index in [9.17, 15) is 28.0 Å².